The van der Waals surface area contributed by atoms with Gasteiger partial charge in [0.25, 0.3) is 0 Å². The molecule has 0 aliphatic carbocycles. The standard InChI is InChI=1S/C17H15FN4OS/c1-11(12-6-8-13(18)9-7-12)21-22-16(23)10-24-17-19-14-4-2-3-5-15(14)20-17/h2-9,21H,1,10H2,(H,19,20)(H,22,23). The Labute approximate surface area is 142 Å². The molecule has 0 aliphatic rings. The fraction of sp³-hybridized carbons (Fsp3) is 0.0588. The van der Waals surface area contributed by atoms with Gasteiger partial charge in [-0.15, -0.1) is 0 Å². The van der Waals surface area contributed by atoms with E-state index in [-0.39, 0.29) is 17.5 Å². The van der Waals surface area contributed by atoms with E-state index >= 15 is 0 Å². The van der Waals surface area contributed by atoms with Crippen molar-refractivity contribution in [2.45, 2.75) is 5.16 Å². The van der Waals surface area contributed by atoms with Crippen LogP contribution in [0.2, 0.25) is 0 Å². The average Bonchev–Trinajstić information content (AvgIpc) is 3.01. The third-order valence-electron chi connectivity index (χ3n) is 3.25. The SMILES string of the molecule is C=C(NNC(=O)CSc1nc2ccccc2[nH]1)c1ccc(F)cc1. The molecule has 0 atom stereocenters. The lowest BCUT2D eigenvalue weighted by molar-refractivity contribution is -0.119. The second-order valence-corrected chi connectivity index (χ2v) is 5.97. The summed E-state index contributed by atoms with van der Waals surface area (Å²) in [5, 5.41) is 0.684. The van der Waals surface area contributed by atoms with Crippen molar-refractivity contribution in [1.82, 2.24) is 20.8 Å². The Morgan fingerprint density at radius 3 is 2.67 bits per heavy atom. The van der Waals surface area contributed by atoms with E-state index in [9.17, 15) is 9.18 Å². The zero-order valence-corrected chi connectivity index (χ0v) is 13.5. The second kappa shape index (κ2) is 7.18. The topological polar surface area (TPSA) is 69.8 Å². The van der Waals surface area contributed by atoms with E-state index in [0.29, 0.717) is 16.4 Å². The largest absolute Gasteiger partial charge is 0.333 e. The van der Waals surface area contributed by atoms with E-state index in [4.69, 9.17) is 0 Å². The number of thioether (sulfide) groups is 1. The summed E-state index contributed by atoms with van der Waals surface area (Å²) in [6.45, 7) is 3.80. The highest BCUT2D eigenvalue weighted by molar-refractivity contribution is 7.99. The number of fused-ring (bicyclic) bond motifs is 1. The first-order chi connectivity index (χ1) is 11.6. The van der Waals surface area contributed by atoms with Crippen LogP contribution in [0.1, 0.15) is 5.56 Å². The Balaban J connectivity index is 1.48. The van der Waals surface area contributed by atoms with E-state index in [0.717, 1.165) is 11.0 Å². The quantitative estimate of drug-likeness (QED) is 0.476. The zero-order chi connectivity index (χ0) is 16.9. The van der Waals surface area contributed by atoms with Crippen LogP contribution in [0.3, 0.4) is 0 Å². The van der Waals surface area contributed by atoms with Crippen molar-refractivity contribution >= 4 is 34.4 Å². The fourth-order valence-electron chi connectivity index (χ4n) is 2.04. The lowest BCUT2D eigenvalue weighted by Gasteiger charge is -2.10. The van der Waals surface area contributed by atoms with Gasteiger partial charge in [-0.05, 0) is 42.0 Å². The summed E-state index contributed by atoms with van der Waals surface area (Å²) in [4.78, 5) is 19.4. The number of hydrogen-bond donors (Lipinski definition) is 3. The lowest BCUT2D eigenvalue weighted by Crippen LogP contribution is -2.37. The first-order valence-corrected chi connectivity index (χ1v) is 8.17. The number of imidazole rings is 1. The molecule has 0 aliphatic heterocycles. The number of halogens is 1. The van der Waals surface area contributed by atoms with Gasteiger partial charge in [-0.2, -0.15) is 0 Å². The normalized spacial score (nSPS) is 10.5. The maximum absolute atomic E-state index is 12.9. The number of carbonyl (C=O) groups is 1. The molecule has 0 spiro atoms. The number of nitrogens with one attached hydrogen (secondary N) is 3. The molecule has 1 aromatic heterocycles. The van der Waals surface area contributed by atoms with Crippen LogP contribution >= 0.6 is 11.8 Å². The minimum atomic E-state index is -0.321. The van der Waals surface area contributed by atoms with Crippen LogP contribution in [0.25, 0.3) is 16.7 Å². The van der Waals surface area contributed by atoms with E-state index in [1.165, 1.54) is 23.9 Å². The highest BCUT2D eigenvalue weighted by atomic mass is 32.2. The number of rotatable bonds is 6. The van der Waals surface area contributed by atoms with Crippen molar-refractivity contribution in [2.75, 3.05) is 5.75 Å². The van der Waals surface area contributed by atoms with Gasteiger partial charge in [0.1, 0.15) is 5.82 Å². The number of benzene rings is 2. The molecule has 3 N–H and O–H groups in total. The minimum absolute atomic E-state index is 0.198. The van der Waals surface area contributed by atoms with Crippen molar-refractivity contribution in [3.8, 4) is 0 Å². The molecule has 7 heteroatoms. The third-order valence-corrected chi connectivity index (χ3v) is 4.13. The molecule has 3 rings (SSSR count). The predicted molar refractivity (Wildman–Crippen MR) is 93.5 cm³/mol. The highest BCUT2D eigenvalue weighted by Gasteiger charge is 2.07. The summed E-state index contributed by atoms with van der Waals surface area (Å²) in [5.41, 5.74) is 8.25. The molecule has 24 heavy (non-hydrogen) atoms. The van der Waals surface area contributed by atoms with Crippen LogP contribution in [-0.2, 0) is 4.79 Å². The van der Waals surface area contributed by atoms with Crippen LogP contribution in [-0.4, -0.2) is 21.6 Å². The van der Waals surface area contributed by atoms with Crippen LogP contribution in [0.4, 0.5) is 4.39 Å². The molecular formula is C17H15FN4OS. The van der Waals surface area contributed by atoms with Crippen LogP contribution < -0.4 is 10.9 Å². The average molecular weight is 342 g/mol. The number of aromatic nitrogens is 2. The summed E-state index contributed by atoms with van der Waals surface area (Å²) in [5.74, 6) is -0.342. The summed E-state index contributed by atoms with van der Waals surface area (Å²) in [7, 11) is 0. The van der Waals surface area contributed by atoms with Crippen LogP contribution in [0.15, 0.2) is 60.3 Å². The molecule has 0 unspecified atom stereocenters. The van der Waals surface area contributed by atoms with Gasteiger partial charge in [-0.3, -0.25) is 15.6 Å². The van der Waals surface area contributed by atoms with Crippen molar-refractivity contribution in [1.29, 1.82) is 0 Å². The van der Waals surface area contributed by atoms with Crippen LogP contribution in [0, 0.1) is 5.82 Å². The number of aromatic amines is 1. The number of para-hydroxylation sites is 2. The van der Waals surface area contributed by atoms with Crippen molar-refractivity contribution in [3.63, 3.8) is 0 Å². The Hall–Kier alpha value is -2.80. The second-order valence-electron chi connectivity index (χ2n) is 5.01. The number of H-pyrrole nitrogens is 1. The van der Waals surface area contributed by atoms with Gasteiger partial charge in [0.05, 0.1) is 22.5 Å². The van der Waals surface area contributed by atoms with Crippen molar-refractivity contribution in [2.24, 2.45) is 0 Å². The number of hydrogen-bond acceptors (Lipinski definition) is 4. The number of carbonyl (C=O) groups excluding carboxylic acids is 1. The van der Waals surface area contributed by atoms with Crippen molar-refractivity contribution in [3.05, 3.63) is 66.5 Å². The third kappa shape index (κ3) is 3.94. The predicted octanol–water partition coefficient (Wildman–Crippen LogP) is 3.09. The molecule has 0 bridgehead atoms. The van der Waals surface area contributed by atoms with E-state index in [2.05, 4.69) is 27.4 Å². The van der Waals surface area contributed by atoms with Gasteiger partial charge in [0.2, 0.25) is 5.91 Å². The Kier molecular flexibility index (Phi) is 4.81. The molecule has 0 saturated heterocycles. The summed E-state index contributed by atoms with van der Waals surface area (Å²) in [6.07, 6.45) is 0. The van der Waals surface area contributed by atoms with E-state index in [1.54, 1.807) is 12.1 Å². The Morgan fingerprint density at radius 1 is 1.17 bits per heavy atom. The van der Waals surface area contributed by atoms with E-state index < -0.39 is 0 Å². The summed E-state index contributed by atoms with van der Waals surface area (Å²) < 4.78 is 12.9. The number of amides is 1. The Bertz CT molecular complexity index is 843. The summed E-state index contributed by atoms with van der Waals surface area (Å²) >= 11 is 1.31. The van der Waals surface area contributed by atoms with Gasteiger partial charge in [0, 0.05) is 0 Å². The molecule has 5 nitrogen and oxygen atoms in total. The molecule has 122 valence electrons. The van der Waals surface area contributed by atoms with E-state index in [1.807, 2.05) is 24.3 Å². The zero-order valence-electron chi connectivity index (χ0n) is 12.7. The van der Waals surface area contributed by atoms with Crippen molar-refractivity contribution < 1.29 is 9.18 Å². The molecule has 0 fully saturated rings. The Morgan fingerprint density at radius 2 is 1.92 bits per heavy atom. The number of nitrogens with zero attached hydrogens (tertiary/aromatic N) is 1. The van der Waals surface area contributed by atoms with Gasteiger partial charge in [0.15, 0.2) is 5.16 Å². The molecule has 2 aromatic carbocycles. The van der Waals surface area contributed by atoms with Gasteiger partial charge >= 0.3 is 0 Å². The fourth-order valence-corrected chi connectivity index (χ4v) is 2.72. The highest BCUT2D eigenvalue weighted by Crippen LogP contribution is 2.18. The van der Waals surface area contributed by atoms with Crippen LogP contribution in [0.5, 0.6) is 0 Å². The molecule has 3 aromatic rings. The molecule has 1 amide bonds. The first-order valence-electron chi connectivity index (χ1n) is 7.19. The molecule has 0 radical (unpaired) electrons. The van der Waals surface area contributed by atoms with Gasteiger partial charge in [-0.25, -0.2) is 9.37 Å². The first kappa shape index (κ1) is 16.1. The lowest BCUT2D eigenvalue weighted by atomic mass is 10.2. The van der Waals surface area contributed by atoms with Gasteiger partial charge < -0.3 is 4.98 Å². The molecule has 1 heterocycles. The summed E-state index contributed by atoms with van der Waals surface area (Å²) in [6, 6.07) is 13.5. The molecular weight excluding hydrogens is 327 g/mol. The maximum Gasteiger partial charge on any atom is 0.248 e. The number of hydrazine groups is 1. The molecule has 0 saturated carbocycles. The maximum atomic E-state index is 12.9. The monoisotopic (exact) mass is 342 g/mol. The smallest absolute Gasteiger partial charge is 0.248 e. The minimum Gasteiger partial charge on any atom is -0.333 e. The van der Waals surface area contributed by atoms with Gasteiger partial charge in [-0.1, -0.05) is 30.5 Å².